The molecule has 0 unspecified atom stereocenters. The zero-order chi connectivity index (χ0) is 20.4. The number of benzene rings is 1. The Labute approximate surface area is 176 Å². The summed E-state index contributed by atoms with van der Waals surface area (Å²) in [7, 11) is 0. The highest BCUT2D eigenvalue weighted by atomic mass is 35.5. The Hall–Kier alpha value is -2.84. The zero-order valence-electron chi connectivity index (χ0n) is 16.0. The van der Waals surface area contributed by atoms with Crippen LogP contribution in [0.3, 0.4) is 0 Å². The lowest BCUT2D eigenvalue weighted by Gasteiger charge is -2.10. The average Bonchev–Trinajstić information content (AvgIpc) is 3.31. The normalized spacial score (nSPS) is 11.1. The van der Waals surface area contributed by atoms with Gasteiger partial charge in [-0.1, -0.05) is 23.7 Å². The smallest absolute Gasteiger partial charge is 0.252 e. The second kappa shape index (κ2) is 8.26. The van der Waals surface area contributed by atoms with Gasteiger partial charge in [-0.25, -0.2) is 14.5 Å². The van der Waals surface area contributed by atoms with Crippen molar-refractivity contribution in [3.05, 3.63) is 69.2 Å². The van der Waals surface area contributed by atoms with Crippen LogP contribution in [0.2, 0.25) is 5.02 Å². The molecule has 3 heterocycles. The highest BCUT2D eigenvalue weighted by Crippen LogP contribution is 2.23. The van der Waals surface area contributed by atoms with E-state index in [1.165, 1.54) is 17.7 Å². The van der Waals surface area contributed by atoms with E-state index in [0.717, 1.165) is 33.8 Å². The molecule has 0 bridgehead atoms. The van der Waals surface area contributed by atoms with Gasteiger partial charge < -0.3 is 5.32 Å². The monoisotopic (exact) mass is 426 g/mol. The molecule has 4 rings (SSSR count). The van der Waals surface area contributed by atoms with Gasteiger partial charge in [-0.3, -0.25) is 4.79 Å². The molecule has 0 spiro atoms. The van der Waals surface area contributed by atoms with Crippen molar-refractivity contribution in [1.82, 2.24) is 24.6 Å². The van der Waals surface area contributed by atoms with E-state index in [1.54, 1.807) is 10.7 Å². The van der Waals surface area contributed by atoms with Crippen molar-refractivity contribution in [3.63, 3.8) is 0 Å². The van der Waals surface area contributed by atoms with E-state index >= 15 is 0 Å². The summed E-state index contributed by atoms with van der Waals surface area (Å²) in [6.45, 7) is 3.89. The minimum Gasteiger partial charge on any atom is -0.302 e. The average molecular weight is 427 g/mol. The molecule has 7 nitrogen and oxygen atoms in total. The van der Waals surface area contributed by atoms with Crippen molar-refractivity contribution < 1.29 is 4.79 Å². The van der Waals surface area contributed by atoms with Crippen LogP contribution >= 0.6 is 22.9 Å². The lowest BCUT2D eigenvalue weighted by molar-refractivity contribution is -0.116. The van der Waals surface area contributed by atoms with Gasteiger partial charge in [0.2, 0.25) is 5.91 Å². The third kappa shape index (κ3) is 4.44. The van der Waals surface area contributed by atoms with Gasteiger partial charge >= 0.3 is 0 Å². The quantitative estimate of drug-likeness (QED) is 0.503. The van der Waals surface area contributed by atoms with E-state index in [-0.39, 0.29) is 5.91 Å². The SMILES string of the molecule is Cc1nc2ncnn2c(C)c1CCC(=O)Nc1ncc(Cc2cccc(Cl)c2)s1. The fourth-order valence-corrected chi connectivity index (χ4v) is 4.31. The molecule has 0 saturated carbocycles. The maximum absolute atomic E-state index is 12.4. The summed E-state index contributed by atoms with van der Waals surface area (Å²) in [6, 6.07) is 7.73. The third-order valence-electron chi connectivity index (χ3n) is 4.66. The molecule has 1 aromatic carbocycles. The lowest BCUT2D eigenvalue weighted by atomic mass is 10.1. The van der Waals surface area contributed by atoms with Crippen molar-refractivity contribution in [2.45, 2.75) is 33.1 Å². The lowest BCUT2D eigenvalue weighted by Crippen LogP contribution is -2.14. The van der Waals surface area contributed by atoms with Crippen LogP contribution in [0.15, 0.2) is 36.8 Å². The van der Waals surface area contributed by atoms with E-state index in [1.807, 2.05) is 38.1 Å². The Morgan fingerprint density at radius 1 is 1.28 bits per heavy atom. The maximum atomic E-state index is 12.4. The van der Waals surface area contributed by atoms with E-state index in [0.29, 0.717) is 28.8 Å². The van der Waals surface area contributed by atoms with Gasteiger partial charge in [0.05, 0.1) is 0 Å². The van der Waals surface area contributed by atoms with Crippen LogP contribution in [0.25, 0.3) is 5.78 Å². The number of hydrogen-bond donors (Lipinski definition) is 1. The predicted octanol–water partition coefficient (Wildman–Crippen LogP) is 4.01. The number of anilines is 1. The number of nitrogens with one attached hydrogen (secondary N) is 1. The van der Waals surface area contributed by atoms with Crippen molar-refractivity contribution in [2.75, 3.05) is 5.32 Å². The molecular weight excluding hydrogens is 408 g/mol. The van der Waals surface area contributed by atoms with Crippen LogP contribution < -0.4 is 5.32 Å². The number of fused-ring (bicyclic) bond motifs is 1. The molecule has 0 aliphatic heterocycles. The molecule has 29 heavy (non-hydrogen) atoms. The molecule has 0 atom stereocenters. The molecule has 148 valence electrons. The molecular formula is C20H19ClN6OS. The fourth-order valence-electron chi connectivity index (χ4n) is 3.23. The first kappa shape index (κ1) is 19.5. The highest BCUT2D eigenvalue weighted by molar-refractivity contribution is 7.15. The summed E-state index contributed by atoms with van der Waals surface area (Å²) in [5.74, 6) is 0.495. The summed E-state index contributed by atoms with van der Waals surface area (Å²) >= 11 is 7.51. The second-order valence-corrected chi connectivity index (χ2v) is 8.27. The van der Waals surface area contributed by atoms with Gasteiger partial charge in [0.15, 0.2) is 5.13 Å². The summed E-state index contributed by atoms with van der Waals surface area (Å²) in [5, 5.41) is 8.39. The van der Waals surface area contributed by atoms with Crippen molar-refractivity contribution in [1.29, 1.82) is 0 Å². The Balaban J connectivity index is 1.38. The van der Waals surface area contributed by atoms with E-state index in [4.69, 9.17) is 11.6 Å². The summed E-state index contributed by atoms with van der Waals surface area (Å²) in [6.07, 6.45) is 4.92. The largest absolute Gasteiger partial charge is 0.302 e. The van der Waals surface area contributed by atoms with Crippen molar-refractivity contribution in [2.24, 2.45) is 0 Å². The van der Waals surface area contributed by atoms with Gasteiger partial charge in [-0.05, 0) is 43.5 Å². The van der Waals surface area contributed by atoms with Crippen molar-refractivity contribution in [3.8, 4) is 0 Å². The van der Waals surface area contributed by atoms with E-state index in [9.17, 15) is 4.79 Å². The van der Waals surface area contributed by atoms with Gasteiger partial charge in [-0.2, -0.15) is 10.1 Å². The van der Waals surface area contributed by atoms with Crippen molar-refractivity contribution >= 4 is 39.8 Å². The number of thiazole rings is 1. The third-order valence-corrected chi connectivity index (χ3v) is 5.81. The van der Waals surface area contributed by atoms with Crippen LogP contribution in [-0.4, -0.2) is 30.5 Å². The van der Waals surface area contributed by atoms with Crippen LogP contribution in [-0.2, 0) is 17.6 Å². The minimum absolute atomic E-state index is 0.0776. The molecule has 9 heteroatoms. The van der Waals surface area contributed by atoms with Crippen LogP contribution in [0.5, 0.6) is 0 Å². The number of carbonyl (C=O) groups is 1. The number of aromatic nitrogens is 5. The van der Waals surface area contributed by atoms with Gasteiger partial charge in [0.1, 0.15) is 6.33 Å². The standard InChI is InChI=1S/C20H19ClN6OS/c1-12-17(13(2)27-19(25-12)23-11-24-27)6-7-18(28)26-20-22-10-16(29-20)9-14-4-3-5-15(21)8-14/h3-5,8,10-11H,6-7,9H2,1-2H3,(H,22,26,28). The summed E-state index contributed by atoms with van der Waals surface area (Å²) in [4.78, 5) is 26.4. The Kier molecular flexibility index (Phi) is 5.55. The molecule has 0 saturated heterocycles. The first-order valence-corrected chi connectivity index (χ1v) is 10.3. The Morgan fingerprint density at radius 2 is 2.14 bits per heavy atom. The highest BCUT2D eigenvalue weighted by Gasteiger charge is 2.13. The summed E-state index contributed by atoms with van der Waals surface area (Å²) in [5.41, 5.74) is 3.95. The molecule has 0 radical (unpaired) electrons. The molecule has 3 aromatic heterocycles. The van der Waals surface area contributed by atoms with E-state index < -0.39 is 0 Å². The molecule has 4 aromatic rings. The fraction of sp³-hybridized carbons (Fsp3) is 0.250. The minimum atomic E-state index is -0.0776. The van der Waals surface area contributed by atoms with Crippen LogP contribution in [0, 0.1) is 13.8 Å². The van der Waals surface area contributed by atoms with Crippen LogP contribution in [0.4, 0.5) is 5.13 Å². The molecule has 1 amide bonds. The maximum Gasteiger partial charge on any atom is 0.252 e. The molecule has 0 aliphatic carbocycles. The van der Waals surface area contributed by atoms with Crippen LogP contribution in [0.1, 0.15) is 33.8 Å². The first-order valence-electron chi connectivity index (χ1n) is 9.14. The zero-order valence-corrected chi connectivity index (χ0v) is 17.6. The summed E-state index contributed by atoms with van der Waals surface area (Å²) < 4.78 is 1.70. The molecule has 1 N–H and O–H groups in total. The van der Waals surface area contributed by atoms with Gasteiger partial charge in [-0.15, -0.1) is 11.3 Å². The number of nitrogens with zero attached hydrogens (tertiary/aromatic N) is 5. The number of amides is 1. The van der Waals surface area contributed by atoms with Gasteiger partial charge in [0, 0.05) is 40.3 Å². The second-order valence-electron chi connectivity index (χ2n) is 6.72. The number of carbonyl (C=O) groups excluding carboxylic acids is 1. The van der Waals surface area contributed by atoms with E-state index in [2.05, 4.69) is 25.4 Å². The first-order chi connectivity index (χ1) is 14.0. The Bertz CT molecular complexity index is 1180. The Morgan fingerprint density at radius 3 is 2.97 bits per heavy atom. The molecule has 0 fully saturated rings. The number of rotatable bonds is 6. The topological polar surface area (TPSA) is 85.1 Å². The molecule has 0 aliphatic rings. The number of halogens is 1. The predicted molar refractivity (Wildman–Crippen MR) is 114 cm³/mol. The van der Waals surface area contributed by atoms with Gasteiger partial charge in [0.25, 0.3) is 5.78 Å². The number of aryl methyl sites for hydroxylation is 2. The number of hydrogen-bond acceptors (Lipinski definition) is 6.